The van der Waals surface area contributed by atoms with E-state index in [0.717, 1.165) is 22.4 Å². The van der Waals surface area contributed by atoms with E-state index in [-0.39, 0.29) is 24.4 Å². The lowest BCUT2D eigenvalue weighted by molar-refractivity contribution is -0.156. The molecule has 2 heterocycles. The molecule has 3 aromatic rings. The van der Waals surface area contributed by atoms with Crippen molar-refractivity contribution in [1.29, 1.82) is 0 Å². The minimum absolute atomic E-state index is 0.0514. The molecule has 0 aliphatic carbocycles. The fourth-order valence-corrected chi connectivity index (χ4v) is 3.82. The quantitative estimate of drug-likeness (QED) is 0.492. The zero-order valence-electron chi connectivity index (χ0n) is 15.3. The van der Waals surface area contributed by atoms with Crippen LogP contribution in [0.25, 0.3) is 11.0 Å². The van der Waals surface area contributed by atoms with Crippen LogP contribution in [0.1, 0.15) is 17.4 Å². The van der Waals surface area contributed by atoms with Gasteiger partial charge in [0.2, 0.25) is 0 Å². The smallest absolute Gasteiger partial charge is 0.262 e. The first-order valence-electron chi connectivity index (χ1n) is 9.00. The summed E-state index contributed by atoms with van der Waals surface area (Å²) in [6.45, 7) is 0.580. The van der Waals surface area contributed by atoms with E-state index in [0.29, 0.717) is 6.54 Å². The summed E-state index contributed by atoms with van der Waals surface area (Å²) in [5.74, 6) is 0.136. The minimum Gasteiger partial charge on any atom is -0.317 e. The number of amides is 2. The van der Waals surface area contributed by atoms with Crippen molar-refractivity contribution in [3.63, 3.8) is 0 Å². The van der Waals surface area contributed by atoms with Crippen molar-refractivity contribution < 1.29 is 9.59 Å². The molecule has 2 aromatic carbocycles. The number of para-hydroxylation sites is 2. The molecule has 0 radical (unpaired) electrons. The van der Waals surface area contributed by atoms with E-state index >= 15 is 0 Å². The molecule has 1 fully saturated rings. The Balaban J connectivity index is 1.54. The number of nitrogens with one attached hydrogen (secondary N) is 2. The zero-order chi connectivity index (χ0) is 19.7. The van der Waals surface area contributed by atoms with Gasteiger partial charge in [0.05, 0.1) is 17.6 Å². The van der Waals surface area contributed by atoms with Gasteiger partial charge in [-0.3, -0.25) is 15.0 Å². The first-order valence-corrected chi connectivity index (χ1v) is 9.44. The van der Waals surface area contributed by atoms with E-state index in [1.807, 2.05) is 66.2 Å². The van der Waals surface area contributed by atoms with Crippen LogP contribution in [0.3, 0.4) is 0 Å². The molecule has 8 heteroatoms. The number of hydrogen-bond acceptors (Lipinski definition) is 4. The van der Waals surface area contributed by atoms with Crippen LogP contribution >= 0.6 is 11.6 Å². The molecule has 0 spiro atoms. The lowest BCUT2D eigenvalue weighted by atomic mass is 9.95. The predicted molar refractivity (Wildman–Crippen MR) is 106 cm³/mol. The van der Waals surface area contributed by atoms with Crippen LogP contribution in [-0.4, -0.2) is 38.8 Å². The molecule has 144 valence electrons. The largest absolute Gasteiger partial charge is 0.317 e. The fourth-order valence-electron chi connectivity index (χ4n) is 3.45. The molecule has 2 atom stereocenters. The van der Waals surface area contributed by atoms with Crippen molar-refractivity contribution in [2.45, 2.75) is 24.5 Å². The van der Waals surface area contributed by atoms with E-state index in [1.54, 1.807) is 0 Å². The third-order valence-corrected chi connectivity index (χ3v) is 5.21. The van der Waals surface area contributed by atoms with Crippen LogP contribution in [0.2, 0.25) is 0 Å². The maximum atomic E-state index is 12.7. The topological polar surface area (TPSA) is 79.3 Å². The summed E-state index contributed by atoms with van der Waals surface area (Å²) in [5, 5.41) is 3.69. The van der Waals surface area contributed by atoms with E-state index in [4.69, 9.17) is 11.6 Å². The highest BCUT2D eigenvalue weighted by atomic mass is 35.5. The maximum absolute atomic E-state index is 12.7. The standard InChI is InChI=1S/C20H20ClN5O2/c1-22-11-16-23-14-9-5-6-10-15(14)25(16)12-17(27)24-26-19(18(21)20(26)28)13-7-3-2-4-8-13/h2-10,18-19,22H,11-12H2,1H3,(H,24,27). The molecule has 2 amide bonds. The number of halogens is 1. The summed E-state index contributed by atoms with van der Waals surface area (Å²) in [4.78, 5) is 29.5. The van der Waals surface area contributed by atoms with Gasteiger partial charge in [-0.25, -0.2) is 9.99 Å². The number of imidazole rings is 1. The van der Waals surface area contributed by atoms with Crippen LogP contribution in [0.4, 0.5) is 0 Å². The molecule has 1 aromatic heterocycles. The Morgan fingerprint density at radius 1 is 1.14 bits per heavy atom. The SMILES string of the molecule is CNCc1nc2ccccc2n1CC(=O)NN1C(=O)C(Cl)C1c1ccccc1. The number of hydrogen-bond donors (Lipinski definition) is 2. The lowest BCUT2D eigenvalue weighted by Crippen LogP contribution is -2.63. The number of fused-ring (bicyclic) bond motifs is 1. The normalized spacial score (nSPS) is 18.9. The Hall–Kier alpha value is -2.90. The minimum atomic E-state index is -0.684. The summed E-state index contributed by atoms with van der Waals surface area (Å²) in [5.41, 5.74) is 5.28. The van der Waals surface area contributed by atoms with Crippen molar-refractivity contribution in [3.05, 3.63) is 66.0 Å². The first-order chi connectivity index (χ1) is 13.6. The Kier molecular flexibility index (Phi) is 5.02. The summed E-state index contributed by atoms with van der Waals surface area (Å²) in [7, 11) is 1.83. The summed E-state index contributed by atoms with van der Waals surface area (Å²) < 4.78 is 1.85. The summed E-state index contributed by atoms with van der Waals surface area (Å²) in [6, 6.07) is 16.7. The van der Waals surface area contributed by atoms with E-state index < -0.39 is 5.38 Å². The van der Waals surface area contributed by atoms with Gasteiger partial charge in [0, 0.05) is 0 Å². The summed E-state index contributed by atoms with van der Waals surface area (Å²) >= 11 is 6.20. The molecular weight excluding hydrogens is 378 g/mol. The number of carbonyl (C=O) groups is 2. The molecule has 2 N–H and O–H groups in total. The monoisotopic (exact) mass is 397 g/mol. The van der Waals surface area contributed by atoms with Crippen LogP contribution in [-0.2, 0) is 22.7 Å². The highest BCUT2D eigenvalue weighted by Gasteiger charge is 2.48. The number of aromatic nitrogens is 2. The van der Waals surface area contributed by atoms with Crippen LogP contribution < -0.4 is 10.7 Å². The molecule has 1 aliphatic rings. The third-order valence-electron chi connectivity index (χ3n) is 4.79. The van der Waals surface area contributed by atoms with Crippen molar-refractivity contribution in [2.24, 2.45) is 0 Å². The first kappa shape index (κ1) is 18.5. The average molecular weight is 398 g/mol. The van der Waals surface area contributed by atoms with Gasteiger partial charge >= 0.3 is 0 Å². The summed E-state index contributed by atoms with van der Waals surface area (Å²) in [6.07, 6.45) is 0. The number of β-lactam (4-membered cyclic amide) rings is 1. The molecule has 7 nitrogen and oxygen atoms in total. The predicted octanol–water partition coefficient (Wildman–Crippen LogP) is 1.98. The second-order valence-corrected chi connectivity index (χ2v) is 7.10. The van der Waals surface area contributed by atoms with Gasteiger partial charge < -0.3 is 9.88 Å². The van der Waals surface area contributed by atoms with Gasteiger partial charge in [-0.05, 0) is 24.7 Å². The highest BCUT2D eigenvalue weighted by Crippen LogP contribution is 2.36. The molecule has 0 bridgehead atoms. The Morgan fingerprint density at radius 3 is 2.61 bits per heavy atom. The van der Waals surface area contributed by atoms with E-state index in [9.17, 15) is 9.59 Å². The third kappa shape index (κ3) is 3.23. The molecule has 4 rings (SSSR count). The van der Waals surface area contributed by atoms with Gasteiger partial charge in [0.25, 0.3) is 11.8 Å². The average Bonchev–Trinajstić information content (AvgIpc) is 3.05. The Morgan fingerprint density at radius 2 is 1.86 bits per heavy atom. The molecule has 1 saturated heterocycles. The fraction of sp³-hybridized carbons (Fsp3) is 0.250. The highest BCUT2D eigenvalue weighted by molar-refractivity contribution is 6.33. The molecular formula is C20H20ClN5O2. The number of hydrazine groups is 1. The van der Waals surface area contributed by atoms with Crippen LogP contribution in [0, 0.1) is 0 Å². The number of alkyl halides is 1. The van der Waals surface area contributed by atoms with Gasteiger partial charge in [-0.1, -0.05) is 42.5 Å². The molecule has 0 saturated carbocycles. The number of rotatable bonds is 6. The van der Waals surface area contributed by atoms with Gasteiger partial charge in [0.1, 0.15) is 23.8 Å². The number of nitrogens with zero attached hydrogens (tertiary/aromatic N) is 3. The van der Waals surface area contributed by atoms with Crippen LogP contribution in [0.15, 0.2) is 54.6 Å². The zero-order valence-corrected chi connectivity index (χ0v) is 16.1. The molecule has 2 unspecified atom stereocenters. The van der Waals surface area contributed by atoms with Crippen molar-refractivity contribution in [1.82, 2.24) is 25.3 Å². The van der Waals surface area contributed by atoms with Gasteiger partial charge in [-0.15, -0.1) is 11.6 Å². The van der Waals surface area contributed by atoms with Crippen molar-refractivity contribution >= 4 is 34.4 Å². The second-order valence-electron chi connectivity index (χ2n) is 6.63. The number of carbonyl (C=O) groups excluding carboxylic acids is 2. The Labute approximate surface area is 167 Å². The van der Waals surface area contributed by atoms with E-state index in [2.05, 4.69) is 15.7 Å². The maximum Gasteiger partial charge on any atom is 0.262 e. The van der Waals surface area contributed by atoms with Crippen molar-refractivity contribution in [3.8, 4) is 0 Å². The number of benzene rings is 2. The van der Waals surface area contributed by atoms with Gasteiger partial charge in [0.15, 0.2) is 0 Å². The lowest BCUT2D eigenvalue weighted by Gasteiger charge is -2.44. The van der Waals surface area contributed by atoms with E-state index in [1.165, 1.54) is 5.01 Å². The van der Waals surface area contributed by atoms with Crippen molar-refractivity contribution in [2.75, 3.05) is 7.05 Å². The molecule has 1 aliphatic heterocycles. The Bertz CT molecular complexity index is 1020. The van der Waals surface area contributed by atoms with Crippen LogP contribution in [0.5, 0.6) is 0 Å². The molecule has 28 heavy (non-hydrogen) atoms. The second kappa shape index (κ2) is 7.61. The van der Waals surface area contributed by atoms with Gasteiger partial charge in [-0.2, -0.15) is 0 Å².